The van der Waals surface area contributed by atoms with Crippen molar-refractivity contribution in [3.63, 3.8) is 0 Å². The fourth-order valence-corrected chi connectivity index (χ4v) is 5.92. The first-order valence-corrected chi connectivity index (χ1v) is 13.2. The van der Waals surface area contributed by atoms with E-state index in [2.05, 4.69) is 33.1 Å². The number of hydrogen-bond donors (Lipinski definition) is 0. The van der Waals surface area contributed by atoms with Gasteiger partial charge in [0.2, 0.25) is 10.7 Å². The number of pyridine rings is 2. The molecule has 4 heterocycles. The van der Waals surface area contributed by atoms with Crippen LogP contribution in [0.4, 0.5) is 19.0 Å². The second-order valence-corrected chi connectivity index (χ2v) is 10.6. The maximum absolute atomic E-state index is 13.6. The third-order valence-electron chi connectivity index (χ3n) is 6.48. The van der Waals surface area contributed by atoms with E-state index in [0.29, 0.717) is 19.5 Å². The van der Waals surface area contributed by atoms with Crippen LogP contribution in [0.1, 0.15) is 41.4 Å². The van der Waals surface area contributed by atoms with Crippen LogP contribution in [0.15, 0.2) is 59.8 Å². The van der Waals surface area contributed by atoms with Gasteiger partial charge in [0.25, 0.3) is 0 Å². The summed E-state index contributed by atoms with van der Waals surface area (Å²) < 4.78 is 55.8. The molecule has 0 bridgehead atoms. The summed E-state index contributed by atoms with van der Waals surface area (Å²) >= 11 is -1.35. The normalized spacial score (nSPS) is 16.7. The fraction of sp³-hybridized carbons (Fsp3) is 0.346. The smallest absolute Gasteiger partial charge is 0.452 e. The highest BCUT2D eigenvalue weighted by molar-refractivity contribution is 7.89. The second-order valence-electron chi connectivity index (χ2n) is 9.15. The van der Waals surface area contributed by atoms with Crippen LogP contribution < -0.4 is 4.90 Å². The lowest BCUT2D eigenvalue weighted by atomic mass is 10.00. The molecule has 194 valence electrons. The highest BCUT2D eigenvalue weighted by Gasteiger charge is 2.37. The molecular weight excluding hydrogens is 501 g/mol. The van der Waals surface area contributed by atoms with Crippen molar-refractivity contribution in [1.82, 2.24) is 23.9 Å². The average Bonchev–Trinajstić information content (AvgIpc) is 3.26. The minimum Gasteiger partial charge on any atom is -0.593 e. The predicted octanol–water partition coefficient (Wildman–Crippen LogP) is 4.80. The van der Waals surface area contributed by atoms with Gasteiger partial charge in [-0.25, -0.2) is 4.98 Å². The Bertz CT molecular complexity index is 1410. The molecule has 0 radical (unpaired) electrons. The van der Waals surface area contributed by atoms with E-state index in [4.69, 9.17) is 0 Å². The van der Waals surface area contributed by atoms with Gasteiger partial charge in [0, 0.05) is 31.5 Å². The molecule has 0 aliphatic carbocycles. The molecule has 0 N–H and O–H groups in total. The molecule has 4 aromatic rings. The van der Waals surface area contributed by atoms with Crippen LogP contribution in [-0.4, -0.2) is 48.1 Å². The largest absolute Gasteiger partial charge is 0.593 e. The standard InChI is InChI=1S/C26H27F3N6OS/c1-3-10-33-12-13-34(37(36)22-5-4-9-30-24(22)33)17-21-15-19(7-6-18(21)2)14-20-8-11-35-23(16-20)31-32-25(35)26(27,28)29/h4-9,11,15-16H,3,10,12-14,17H2,1-2H3. The molecule has 37 heavy (non-hydrogen) atoms. The topological polar surface area (TPSA) is 72.6 Å². The molecule has 1 aliphatic heterocycles. The van der Waals surface area contributed by atoms with Crippen molar-refractivity contribution in [2.75, 3.05) is 24.5 Å². The summed E-state index contributed by atoms with van der Waals surface area (Å²) in [5.41, 5.74) is 4.14. The van der Waals surface area contributed by atoms with Crippen molar-refractivity contribution in [1.29, 1.82) is 0 Å². The summed E-state index contributed by atoms with van der Waals surface area (Å²) in [5, 5.41) is 6.99. The van der Waals surface area contributed by atoms with Gasteiger partial charge < -0.3 is 9.45 Å². The first-order chi connectivity index (χ1) is 17.7. The van der Waals surface area contributed by atoms with Gasteiger partial charge in [-0.05, 0) is 60.2 Å². The van der Waals surface area contributed by atoms with Gasteiger partial charge in [0.05, 0.1) is 24.5 Å². The quantitative estimate of drug-likeness (QED) is 0.335. The number of anilines is 1. The monoisotopic (exact) mass is 528 g/mol. The molecule has 0 spiro atoms. The fourth-order valence-electron chi connectivity index (χ4n) is 4.61. The Morgan fingerprint density at radius 2 is 1.86 bits per heavy atom. The summed E-state index contributed by atoms with van der Waals surface area (Å²) in [4.78, 5) is 7.44. The molecule has 1 unspecified atom stereocenters. The number of fused-ring (bicyclic) bond motifs is 2. The van der Waals surface area contributed by atoms with Crippen molar-refractivity contribution < 1.29 is 17.7 Å². The van der Waals surface area contributed by atoms with Gasteiger partial charge in [-0.3, -0.25) is 4.40 Å². The van der Waals surface area contributed by atoms with Gasteiger partial charge in [0.1, 0.15) is 0 Å². The molecule has 11 heteroatoms. The molecule has 1 aromatic carbocycles. The Morgan fingerprint density at radius 3 is 2.65 bits per heavy atom. The van der Waals surface area contributed by atoms with Gasteiger partial charge in [-0.15, -0.1) is 14.5 Å². The number of benzene rings is 1. The first-order valence-electron chi connectivity index (χ1n) is 12.1. The maximum Gasteiger partial charge on any atom is 0.452 e. The van der Waals surface area contributed by atoms with E-state index in [9.17, 15) is 17.7 Å². The summed E-state index contributed by atoms with van der Waals surface area (Å²) in [6, 6.07) is 13.1. The minimum atomic E-state index is -4.57. The second kappa shape index (κ2) is 10.3. The third kappa shape index (κ3) is 5.29. The highest BCUT2D eigenvalue weighted by atomic mass is 32.2. The van der Waals surface area contributed by atoms with Crippen LogP contribution in [0.3, 0.4) is 0 Å². The molecule has 1 aliphatic rings. The molecule has 7 nitrogen and oxygen atoms in total. The van der Waals surface area contributed by atoms with Gasteiger partial charge in [-0.2, -0.15) is 13.2 Å². The minimum absolute atomic E-state index is 0.154. The molecule has 0 saturated heterocycles. The van der Waals surface area contributed by atoms with Crippen molar-refractivity contribution in [3.8, 4) is 0 Å². The van der Waals surface area contributed by atoms with Gasteiger partial charge in [0.15, 0.2) is 11.5 Å². The number of nitrogens with zero attached hydrogens (tertiary/aromatic N) is 6. The molecular formula is C26H27F3N6OS. The Hall–Kier alpha value is -3.15. The number of hydrogen-bond acceptors (Lipinski definition) is 6. The third-order valence-corrected chi connectivity index (χ3v) is 7.96. The van der Waals surface area contributed by atoms with E-state index in [1.54, 1.807) is 18.3 Å². The Labute approximate surface area is 216 Å². The Kier molecular flexibility index (Phi) is 7.11. The lowest BCUT2D eigenvalue weighted by molar-refractivity contribution is -0.145. The van der Waals surface area contributed by atoms with Crippen LogP contribution in [0, 0.1) is 6.92 Å². The van der Waals surface area contributed by atoms with Crippen molar-refractivity contribution >= 4 is 22.8 Å². The molecule has 0 fully saturated rings. The van der Waals surface area contributed by atoms with Crippen molar-refractivity contribution in [2.24, 2.45) is 0 Å². The molecule has 5 rings (SSSR count). The zero-order valence-corrected chi connectivity index (χ0v) is 21.4. The van der Waals surface area contributed by atoms with E-state index < -0.39 is 23.4 Å². The van der Waals surface area contributed by atoms with Gasteiger partial charge in [-0.1, -0.05) is 25.1 Å². The zero-order valence-electron chi connectivity index (χ0n) is 20.6. The van der Waals surface area contributed by atoms with Gasteiger partial charge >= 0.3 is 6.18 Å². The summed E-state index contributed by atoms with van der Waals surface area (Å²) in [6.07, 6.45) is 0.0314. The van der Waals surface area contributed by atoms with Crippen LogP contribution in [0.25, 0.3) is 5.65 Å². The van der Waals surface area contributed by atoms with Crippen LogP contribution in [-0.2, 0) is 30.5 Å². The molecule has 0 saturated carbocycles. The maximum atomic E-state index is 13.6. The zero-order chi connectivity index (χ0) is 26.2. The number of halogens is 3. The number of aryl methyl sites for hydroxylation is 1. The van der Waals surface area contributed by atoms with E-state index in [-0.39, 0.29) is 5.65 Å². The van der Waals surface area contributed by atoms with E-state index >= 15 is 0 Å². The average molecular weight is 529 g/mol. The summed E-state index contributed by atoms with van der Waals surface area (Å²) in [7, 11) is 0. The molecule has 1 atom stereocenters. The lowest BCUT2D eigenvalue weighted by Gasteiger charge is -2.23. The SMILES string of the molecule is CCCN1CCN(Cc2cc(Cc3ccn4c(C(F)(F)F)nnc4c3)ccc2C)[S+]([O-])c2cccnc21. The number of aromatic nitrogens is 4. The van der Waals surface area contributed by atoms with Crippen LogP contribution >= 0.6 is 0 Å². The first kappa shape index (κ1) is 25.5. The summed E-state index contributed by atoms with van der Waals surface area (Å²) in [6.45, 7) is 6.88. The Morgan fingerprint density at radius 1 is 1.05 bits per heavy atom. The molecule has 3 aromatic heterocycles. The number of rotatable bonds is 6. The van der Waals surface area contributed by atoms with Crippen LogP contribution in [0.2, 0.25) is 0 Å². The van der Waals surface area contributed by atoms with Crippen molar-refractivity contribution in [3.05, 3.63) is 82.9 Å². The highest BCUT2D eigenvalue weighted by Crippen LogP contribution is 2.31. The molecule has 0 amide bonds. The van der Waals surface area contributed by atoms with Crippen LogP contribution in [0.5, 0.6) is 0 Å². The van der Waals surface area contributed by atoms with E-state index in [1.165, 1.54) is 6.20 Å². The lowest BCUT2D eigenvalue weighted by Crippen LogP contribution is -2.35. The van der Waals surface area contributed by atoms with E-state index in [0.717, 1.165) is 56.9 Å². The Balaban J connectivity index is 1.37. The van der Waals surface area contributed by atoms with E-state index in [1.807, 2.05) is 35.5 Å². The van der Waals surface area contributed by atoms with Crippen molar-refractivity contribution in [2.45, 2.75) is 44.3 Å². The predicted molar refractivity (Wildman–Crippen MR) is 136 cm³/mol. The summed E-state index contributed by atoms with van der Waals surface area (Å²) in [5.74, 6) is -0.250. The number of alkyl halides is 3.